The second-order valence-electron chi connectivity index (χ2n) is 7.71. The number of benzene rings is 2. The van der Waals surface area contributed by atoms with E-state index in [1.807, 2.05) is 0 Å². The number of amides is 1. The molecule has 2 aromatic carbocycles. The van der Waals surface area contributed by atoms with Gasteiger partial charge in [0.2, 0.25) is 5.91 Å². The first-order valence-corrected chi connectivity index (χ1v) is 10.2. The van der Waals surface area contributed by atoms with Crippen molar-refractivity contribution >= 4 is 17.7 Å². The lowest BCUT2D eigenvalue weighted by Crippen LogP contribution is -2.41. The molecule has 0 fully saturated rings. The summed E-state index contributed by atoms with van der Waals surface area (Å²) in [5.41, 5.74) is 4.47. The van der Waals surface area contributed by atoms with Gasteiger partial charge >= 0.3 is 0 Å². The Bertz CT molecular complexity index is 783. The molecule has 0 saturated carbocycles. The number of aryl methyl sites for hydroxylation is 2. The van der Waals surface area contributed by atoms with Crippen LogP contribution in [0.25, 0.3) is 0 Å². The van der Waals surface area contributed by atoms with Gasteiger partial charge in [-0.1, -0.05) is 42.0 Å². The zero-order valence-electron chi connectivity index (χ0n) is 16.0. The number of thioether (sulfide) groups is 1. The van der Waals surface area contributed by atoms with Gasteiger partial charge in [0.15, 0.2) is 0 Å². The lowest BCUT2D eigenvalue weighted by atomic mass is 9.89. The van der Waals surface area contributed by atoms with Gasteiger partial charge in [0, 0.05) is 17.7 Å². The van der Waals surface area contributed by atoms with E-state index in [1.54, 1.807) is 11.8 Å². The van der Waals surface area contributed by atoms with E-state index in [1.165, 1.54) is 16.7 Å². The molecule has 0 radical (unpaired) electrons. The summed E-state index contributed by atoms with van der Waals surface area (Å²) in [7, 11) is 0. The van der Waals surface area contributed by atoms with Crippen LogP contribution in [0.5, 0.6) is 5.75 Å². The Morgan fingerprint density at radius 2 is 1.85 bits per heavy atom. The third kappa shape index (κ3) is 4.82. The minimum absolute atomic E-state index is 0.00169. The smallest absolute Gasteiger partial charge is 0.230 e. The second kappa shape index (κ2) is 7.75. The van der Waals surface area contributed by atoms with Crippen molar-refractivity contribution in [1.29, 1.82) is 0 Å². The zero-order valence-corrected chi connectivity index (χ0v) is 16.8. The van der Waals surface area contributed by atoms with Crippen molar-refractivity contribution in [2.24, 2.45) is 0 Å². The number of hydrogen-bond donors (Lipinski definition) is 1. The quantitative estimate of drug-likeness (QED) is 0.810. The molecule has 26 heavy (non-hydrogen) atoms. The van der Waals surface area contributed by atoms with Gasteiger partial charge in [-0.2, -0.15) is 0 Å². The fourth-order valence-corrected chi connectivity index (χ4v) is 4.07. The molecule has 3 rings (SSSR count). The van der Waals surface area contributed by atoms with Gasteiger partial charge in [0.1, 0.15) is 11.4 Å². The van der Waals surface area contributed by atoms with Crippen LogP contribution in [0.1, 0.15) is 48.6 Å². The Labute approximate surface area is 160 Å². The van der Waals surface area contributed by atoms with Gasteiger partial charge in [-0.3, -0.25) is 4.79 Å². The van der Waals surface area contributed by atoms with Crippen LogP contribution < -0.4 is 10.1 Å². The van der Waals surface area contributed by atoms with Crippen LogP contribution in [0, 0.1) is 13.8 Å². The van der Waals surface area contributed by atoms with Gasteiger partial charge in [0.25, 0.3) is 0 Å². The molecule has 1 atom stereocenters. The fourth-order valence-electron chi connectivity index (χ4n) is 3.27. The third-order valence-electron chi connectivity index (χ3n) is 4.58. The van der Waals surface area contributed by atoms with Crippen molar-refractivity contribution in [3.8, 4) is 5.75 Å². The summed E-state index contributed by atoms with van der Waals surface area (Å²) in [6.45, 7) is 8.28. The SMILES string of the molecule is Cc1ccc(CSCC(=O)NC2CC(C)(C)Oc3cc(C)ccc32)cc1. The Morgan fingerprint density at radius 3 is 2.58 bits per heavy atom. The van der Waals surface area contributed by atoms with E-state index in [2.05, 4.69) is 75.5 Å². The standard InChI is InChI=1S/C22H27NO2S/c1-15-5-8-17(9-6-15)13-26-14-21(24)23-19-12-22(3,4)25-20-11-16(2)7-10-18(19)20/h5-11,19H,12-14H2,1-4H3,(H,23,24). The van der Waals surface area contributed by atoms with Gasteiger partial charge in [-0.05, 0) is 44.9 Å². The highest BCUT2D eigenvalue weighted by Crippen LogP contribution is 2.39. The maximum Gasteiger partial charge on any atom is 0.230 e. The van der Waals surface area contributed by atoms with E-state index in [9.17, 15) is 4.79 Å². The average molecular weight is 370 g/mol. The number of carbonyl (C=O) groups is 1. The van der Waals surface area contributed by atoms with Crippen molar-refractivity contribution in [1.82, 2.24) is 5.32 Å². The van der Waals surface area contributed by atoms with Crippen LogP contribution in [0.2, 0.25) is 0 Å². The summed E-state index contributed by atoms with van der Waals surface area (Å²) in [6, 6.07) is 14.7. The van der Waals surface area contributed by atoms with Crippen molar-refractivity contribution in [2.45, 2.75) is 51.5 Å². The van der Waals surface area contributed by atoms with Crippen molar-refractivity contribution < 1.29 is 9.53 Å². The molecular formula is C22H27NO2S. The molecule has 4 heteroatoms. The summed E-state index contributed by atoms with van der Waals surface area (Å²) in [6.07, 6.45) is 0.775. The van der Waals surface area contributed by atoms with Crippen LogP contribution in [0.15, 0.2) is 42.5 Å². The molecule has 0 aromatic heterocycles. The fraction of sp³-hybridized carbons (Fsp3) is 0.409. The molecule has 0 saturated heterocycles. The molecular weight excluding hydrogens is 342 g/mol. The van der Waals surface area contributed by atoms with E-state index in [0.717, 1.165) is 23.5 Å². The number of carbonyl (C=O) groups excluding carboxylic acids is 1. The summed E-state index contributed by atoms with van der Waals surface area (Å²) in [5, 5.41) is 3.21. The molecule has 1 aliphatic heterocycles. The van der Waals surface area contributed by atoms with Crippen LogP contribution in [-0.2, 0) is 10.5 Å². The molecule has 0 bridgehead atoms. The highest BCUT2D eigenvalue weighted by atomic mass is 32.2. The van der Waals surface area contributed by atoms with Crippen molar-refractivity contribution in [3.63, 3.8) is 0 Å². The maximum absolute atomic E-state index is 12.5. The highest BCUT2D eigenvalue weighted by molar-refractivity contribution is 7.99. The van der Waals surface area contributed by atoms with E-state index in [-0.39, 0.29) is 17.6 Å². The molecule has 1 heterocycles. The number of nitrogens with one attached hydrogen (secondary N) is 1. The number of hydrogen-bond acceptors (Lipinski definition) is 3. The van der Waals surface area contributed by atoms with Crippen LogP contribution >= 0.6 is 11.8 Å². The average Bonchev–Trinajstić information content (AvgIpc) is 2.55. The van der Waals surface area contributed by atoms with Gasteiger partial charge < -0.3 is 10.1 Å². The predicted octanol–water partition coefficient (Wildman–Crippen LogP) is 4.96. The lowest BCUT2D eigenvalue weighted by molar-refractivity contribution is -0.119. The second-order valence-corrected chi connectivity index (χ2v) is 8.69. The summed E-state index contributed by atoms with van der Waals surface area (Å²) in [5.74, 6) is 2.28. The van der Waals surface area contributed by atoms with E-state index < -0.39 is 0 Å². The lowest BCUT2D eigenvalue weighted by Gasteiger charge is -2.38. The largest absolute Gasteiger partial charge is 0.487 e. The Balaban J connectivity index is 1.59. The summed E-state index contributed by atoms with van der Waals surface area (Å²) < 4.78 is 6.10. The van der Waals surface area contributed by atoms with Crippen LogP contribution in [-0.4, -0.2) is 17.3 Å². The van der Waals surface area contributed by atoms with E-state index in [4.69, 9.17) is 4.74 Å². The monoisotopic (exact) mass is 369 g/mol. The Kier molecular flexibility index (Phi) is 5.61. The maximum atomic E-state index is 12.5. The third-order valence-corrected chi connectivity index (χ3v) is 5.59. The molecule has 0 aliphatic carbocycles. The van der Waals surface area contributed by atoms with Gasteiger partial charge in [-0.15, -0.1) is 11.8 Å². The molecule has 1 amide bonds. The number of fused-ring (bicyclic) bond motifs is 1. The zero-order chi connectivity index (χ0) is 18.7. The normalized spacial score (nSPS) is 17.9. The minimum Gasteiger partial charge on any atom is -0.487 e. The topological polar surface area (TPSA) is 38.3 Å². The summed E-state index contributed by atoms with van der Waals surface area (Å²) >= 11 is 1.65. The minimum atomic E-state index is -0.284. The van der Waals surface area contributed by atoms with E-state index >= 15 is 0 Å². The highest BCUT2D eigenvalue weighted by Gasteiger charge is 2.34. The van der Waals surface area contributed by atoms with Crippen LogP contribution in [0.4, 0.5) is 0 Å². The number of rotatable bonds is 5. The van der Waals surface area contributed by atoms with Crippen molar-refractivity contribution in [3.05, 3.63) is 64.7 Å². The molecule has 138 valence electrons. The Morgan fingerprint density at radius 1 is 1.15 bits per heavy atom. The molecule has 1 aliphatic rings. The molecule has 2 aromatic rings. The Hall–Kier alpha value is -1.94. The van der Waals surface area contributed by atoms with Crippen LogP contribution in [0.3, 0.4) is 0 Å². The molecule has 3 nitrogen and oxygen atoms in total. The first-order chi connectivity index (χ1) is 12.3. The molecule has 0 spiro atoms. The molecule has 1 N–H and O–H groups in total. The van der Waals surface area contributed by atoms with Crippen molar-refractivity contribution in [2.75, 3.05) is 5.75 Å². The number of ether oxygens (including phenoxy) is 1. The first kappa shape index (κ1) is 18.8. The van der Waals surface area contributed by atoms with Gasteiger partial charge in [-0.25, -0.2) is 0 Å². The first-order valence-electron chi connectivity index (χ1n) is 9.05. The predicted molar refractivity (Wildman–Crippen MR) is 109 cm³/mol. The molecule has 1 unspecified atom stereocenters. The van der Waals surface area contributed by atoms with Gasteiger partial charge in [0.05, 0.1) is 11.8 Å². The summed E-state index contributed by atoms with van der Waals surface area (Å²) in [4.78, 5) is 12.5. The van der Waals surface area contributed by atoms with E-state index in [0.29, 0.717) is 5.75 Å².